The van der Waals surface area contributed by atoms with E-state index in [2.05, 4.69) is 55.2 Å². The van der Waals surface area contributed by atoms with Gasteiger partial charge in [-0.3, -0.25) is 19.5 Å². The van der Waals surface area contributed by atoms with Gasteiger partial charge in [0.15, 0.2) is 5.76 Å². The molecule has 4 heterocycles. The van der Waals surface area contributed by atoms with Crippen LogP contribution in [-0.2, 0) is 11.3 Å². The maximum atomic E-state index is 13.5. The summed E-state index contributed by atoms with van der Waals surface area (Å²) in [6.45, 7) is 6.40. The van der Waals surface area contributed by atoms with E-state index in [1.165, 1.54) is 36.9 Å². The van der Waals surface area contributed by atoms with Gasteiger partial charge in [-0.15, -0.1) is 0 Å². The quantitative estimate of drug-likeness (QED) is 0.174. The van der Waals surface area contributed by atoms with Crippen LogP contribution in [0.5, 0.6) is 11.5 Å². The predicted molar refractivity (Wildman–Crippen MR) is 186 cm³/mol. The van der Waals surface area contributed by atoms with Crippen molar-refractivity contribution in [1.82, 2.24) is 19.4 Å². The number of hydrogen-bond donors (Lipinski definition) is 2. The van der Waals surface area contributed by atoms with E-state index in [1.54, 1.807) is 31.6 Å². The molecule has 1 amide bonds. The van der Waals surface area contributed by atoms with Gasteiger partial charge in [-0.1, -0.05) is 12.8 Å². The molecule has 0 spiro atoms. The molecule has 1 aliphatic carbocycles. The smallest absolute Gasteiger partial charge is 0.232 e. The lowest BCUT2D eigenvalue weighted by atomic mass is 9.97. The fourth-order valence-electron chi connectivity index (χ4n) is 6.84. The number of anilines is 2. The third kappa shape index (κ3) is 7.18. The highest BCUT2D eigenvalue weighted by molar-refractivity contribution is 6.15. The van der Waals surface area contributed by atoms with E-state index >= 15 is 0 Å². The van der Waals surface area contributed by atoms with E-state index in [1.807, 2.05) is 31.3 Å². The number of carbonyl (C=O) groups is 2. The van der Waals surface area contributed by atoms with Gasteiger partial charge in [0.05, 0.1) is 24.6 Å². The zero-order valence-corrected chi connectivity index (χ0v) is 27.5. The number of aromatic nitrogens is 2. The van der Waals surface area contributed by atoms with Crippen LogP contribution >= 0.6 is 0 Å². The molecule has 47 heavy (non-hydrogen) atoms. The largest absolute Gasteiger partial charge is 0.497 e. The number of amides is 1. The Hall–Kier alpha value is -4.67. The first-order valence-corrected chi connectivity index (χ1v) is 16.5. The molecule has 0 bridgehead atoms. The van der Waals surface area contributed by atoms with Crippen molar-refractivity contribution in [2.24, 2.45) is 0 Å². The summed E-state index contributed by atoms with van der Waals surface area (Å²) in [7, 11) is 5.77. The second kappa shape index (κ2) is 14.8. The molecule has 2 aromatic carbocycles. The van der Waals surface area contributed by atoms with Crippen molar-refractivity contribution < 1.29 is 19.1 Å². The third-order valence-electron chi connectivity index (χ3n) is 9.45. The summed E-state index contributed by atoms with van der Waals surface area (Å²) >= 11 is 0. The monoisotopic (exact) mass is 636 g/mol. The summed E-state index contributed by atoms with van der Waals surface area (Å²) in [5.41, 5.74) is 5.88. The summed E-state index contributed by atoms with van der Waals surface area (Å²) in [5.74, 6) is 2.26. The van der Waals surface area contributed by atoms with Gasteiger partial charge < -0.3 is 29.6 Å². The number of pyridine rings is 1. The summed E-state index contributed by atoms with van der Waals surface area (Å²) in [6.07, 6.45) is 10.7. The Labute approximate surface area is 276 Å². The number of likely N-dealkylation sites (N-methyl/N-ethyl adjacent to an activating group) is 1. The highest BCUT2D eigenvalue weighted by Gasteiger charge is 2.31. The molecule has 7 rings (SSSR count). The molecule has 1 saturated heterocycles. The second-order valence-corrected chi connectivity index (χ2v) is 12.4. The number of hydrogen-bond acceptors (Lipinski definition) is 8. The van der Waals surface area contributed by atoms with Crippen LogP contribution in [0.25, 0.3) is 17.0 Å². The molecular formula is C37H44N6O4. The zero-order valence-electron chi connectivity index (χ0n) is 27.5. The first-order chi connectivity index (χ1) is 23.0. The molecule has 2 N–H and O–H groups in total. The number of Topliss-reactive ketones (excluding diaryl/α,β-unsaturated/α-hetero) is 1. The molecule has 0 atom stereocenters. The van der Waals surface area contributed by atoms with E-state index in [9.17, 15) is 9.59 Å². The number of carbonyl (C=O) groups excluding carboxylic acids is 2. The van der Waals surface area contributed by atoms with Crippen molar-refractivity contribution in [1.29, 1.82) is 0 Å². The Morgan fingerprint density at radius 3 is 2.53 bits per heavy atom. The third-order valence-corrected chi connectivity index (χ3v) is 9.45. The number of ketones is 1. The summed E-state index contributed by atoms with van der Waals surface area (Å²) < 4.78 is 14.3. The minimum atomic E-state index is -0.0595. The number of ether oxygens (including phenoxy) is 2. The molecule has 2 fully saturated rings. The summed E-state index contributed by atoms with van der Waals surface area (Å²) in [4.78, 5) is 32.1. The molecule has 3 aliphatic rings. The molecule has 0 radical (unpaired) electrons. The van der Waals surface area contributed by atoms with Gasteiger partial charge in [0, 0.05) is 80.4 Å². The SMILES string of the molecule is CNc1ccc2c(c1)C(=O)/C(=C/c1c(C3CCCC3)n(CCN3CCN(C)CC3)c3ccc(OC)cc13)O2.O=CNc1cccnc1. The lowest BCUT2D eigenvalue weighted by molar-refractivity contribution is -0.105. The maximum Gasteiger partial charge on any atom is 0.232 e. The highest BCUT2D eigenvalue weighted by Crippen LogP contribution is 2.43. The minimum Gasteiger partial charge on any atom is -0.497 e. The number of rotatable bonds is 9. The molecule has 10 nitrogen and oxygen atoms in total. The highest BCUT2D eigenvalue weighted by atomic mass is 16.5. The number of nitrogens with zero attached hydrogens (tertiary/aromatic N) is 4. The number of methoxy groups -OCH3 is 1. The Kier molecular flexibility index (Phi) is 10.2. The normalized spacial score (nSPS) is 17.7. The lowest BCUT2D eigenvalue weighted by Crippen LogP contribution is -2.45. The van der Waals surface area contributed by atoms with Crippen LogP contribution in [0, 0.1) is 0 Å². The number of piperazine rings is 1. The van der Waals surface area contributed by atoms with E-state index in [-0.39, 0.29) is 5.78 Å². The molecule has 1 saturated carbocycles. The molecule has 2 aliphatic heterocycles. The Balaban J connectivity index is 0.000000373. The standard InChI is InChI=1S/C31H38N4O3.C6H6N2O/c1-32-22-8-11-28-26(18-22)31(36)29(38-28)20-25-24-19-23(37-3)9-10-27(24)35(30(25)21-6-4-5-7-21)17-16-34-14-12-33(2)13-15-34;9-5-8-6-2-1-3-7-4-6/h8-11,18-21,32H,4-7,12-17H2,1-3H3;1-5H,(H,8,9)/b29-20-;. The summed E-state index contributed by atoms with van der Waals surface area (Å²) in [5, 5.41) is 6.71. The van der Waals surface area contributed by atoms with Crippen molar-refractivity contribution in [3.05, 3.63) is 83.5 Å². The molecular weight excluding hydrogens is 592 g/mol. The number of fused-ring (bicyclic) bond motifs is 2. The average molecular weight is 637 g/mol. The van der Waals surface area contributed by atoms with Crippen molar-refractivity contribution in [3.8, 4) is 11.5 Å². The molecule has 4 aromatic rings. The van der Waals surface area contributed by atoms with Gasteiger partial charge in [-0.25, -0.2) is 0 Å². The van der Waals surface area contributed by atoms with Crippen LogP contribution in [0.3, 0.4) is 0 Å². The van der Waals surface area contributed by atoms with E-state index < -0.39 is 0 Å². The molecule has 2 aromatic heterocycles. The Morgan fingerprint density at radius 1 is 1.02 bits per heavy atom. The van der Waals surface area contributed by atoms with Crippen LogP contribution < -0.4 is 20.1 Å². The second-order valence-electron chi connectivity index (χ2n) is 12.4. The van der Waals surface area contributed by atoms with E-state index in [0.29, 0.717) is 35.1 Å². The first kappa shape index (κ1) is 32.3. The molecule has 0 unspecified atom stereocenters. The van der Waals surface area contributed by atoms with E-state index in [0.717, 1.165) is 61.7 Å². The first-order valence-electron chi connectivity index (χ1n) is 16.5. The molecule has 10 heteroatoms. The van der Waals surface area contributed by atoms with Crippen LogP contribution in [0.2, 0.25) is 0 Å². The van der Waals surface area contributed by atoms with Crippen LogP contribution in [-0.4, -0.2) is 85.5 Å². The molecule has 246 valence electrons. The van der Waals surface area contributed by atoms with E-state index in [4.69, 9.17) is 9.47 Å². The van der Waals surface area contributed by atoms with Crippen LogP contribution in [0.4, 0.5) is 11.4 Å². The fourth-order valence-corrected chi connectivity index (χ4v) is 6.84. The number of benzene rings is 2. The van der Waals surface area contributed by atoms with Crippen molar-refractivity contribution in [2.75, 3.05) is 64.6 Å². The van der Waals surface area contributed by atoms with Crippen molar-refractivity contribution in [3.63, 3.8) is 0 Å². The van der Waals surface area contributed by atoms with Gasteiger partial charge in [0.25, 0.3) is 0 Å². The van der Waals surface area contributed by atoms with Gasteiger partial charge in [0.2, 0.25) is 12.2 Å². The van der Waals surface area contributed by atoms with Gasteiger partial charge >= 0.3 is 0 Å². The Morgan fingerprint density at radius 2 is 1.83 bits per heavy atom. The van der Waals surface area contributed by atoms with Crippen molar-refractivity contribution in [2.45, 2.75) is 38.1 Å². The van der Waals surface area contributed by atoms with Gasteiger partial charge in [-0.2, -0.15) is 0 Å². The minimum absolute atomic E-state index is 0.0595. The van der Waals surface area contributed by atoms with Crippen LogP contribution in [0.1, 0.15) is 53.2 Å². The Bertz CT molecular complexity index is 1740. The lowest BCUT2D eigenvalue weighted by Gasteiger charge is -2.32. The topological polar surface area (TPSA) is 101 Å². The predicted octanol–water partition coefficient (Wildman–Crippen LogP) is 5.86. The fraction of sp³-hybridized carbons (Fsp3) is 0.378. The summed E-state index contributed by atoms with van der Waals surface area (Å²) in [6, 6.07) is 15.6. The van der Waals surface area contributed by atoms with Gasteiger partial charge in [-0.05, 0) is 80.4 Å². The van der Waals surface area contributed by atoms with Gasteiger partial charge in [0.1, 0.15) is 11.5 Å². The van der Waals surface area contributed by atoms with Crippen LogP contribution in [0.15, 0.2) is 66.7 Å². The number of nitrogens with one attached hydrogen (secondary N) is 2. The zero-order chi connectivity index (χ0) is 32.8. The number of allylic oxidation sites excluding steroid dienone is 1. The average Bonchev–Trinajstić information content (AvgIpc) is 3.82. The van der Waals surface area contributed by atoms with Crippen molar-refractivity contribution >= 4 is 40.5 Å². The maximum absolute atomic E-state index is 13.5.